The average molecular weight is 1070 g/mol. The molecule has 0 atom stereocenters. The molecule has 4 amide bonds. The predicted octanol–water partition coefficient (Wildman–Crippen LogP) is 9.18. The highest BCUT2D eigenvalue weighted by Crippen LogP contribution is 2.46. The molecule has 2 spiro atoms. The first-order chi connectivity index (χ1) is 33.5. The Balaban J connectivity index is 0.000000239. The smallest absolute Gasteiger partial charge is 0.414 e. The lowest BCUT2D eigenvalue weighted by atomic mass is 9.78. The molecule has 0 bridgehead atoms. The van der Waals surface area contributed by atoms with Gasteiger partial charge in [0.05, 0.1) is 47.6 Å². The molecule has 4 aromatic carbocycles. The van der Waals surface area contributed by atoms with Crippen LogP contribution in [-0.2, 0) is 37.0 Å². The summed E-state index contributed by atoms with van der Waals surface area (Å²) in [5.74, 6) is 0.251. The largest absolute Gasteiger partial charge is 1.00 e. The second kappa shape index (κ2) is 24.8. The third kappa shape index (κ3) is 13.7. The number of aryl methyl sites for hydroxylation is 6. The van der Waals surface area contributed by atoms with Gasteiger partial charge in [-0.05, 0) is 173 Å². The Hall–Kier alpha value is -5.08. The molecule has 4 aliphatic rings. The summed E-state index contributed by atoms with van der Waals surface area (Å²) in [6.07, 6.45) is 5.29. The first-order valence-corrected chi connectivity index (χ1v) is 25.1. The number of carbonyl (C=O) groups excluding carboxylic acids is 4. The van der Waals surface area contributed by atoms with E-state index >= 15 is 0 Å². The molecule has 2 aliphatic carbocycles. The summed E-state index contributed by atoms with van der Waals surface area (Å²) in [5, 5.41) is 18.4. The van der Waals surface area contributed by atoms with Crippen LogP contribution >= 0.6 is 34.8 Å². The summed E-state index contributed by atoms with van der Waals surface area (Å²) < 4.78 is 18.2. The van der Waals surface area contributed by atoms with Crippen LogP contribution in [0.5, 0.6) is 0 Å². The Morgan fingerprint density at radius 2 is 1.00 bits per heavy atom. The first-order valence-electron chi connectivity index (χ1n) is 24.0. The van der Waals surface area contributed by atoms with Crippen molar-refractivity contribution in [3.63, 3.8) is 0 Å². The fourth-order valence-electron chi connectivity index (χ4n) is 10.2. The number of aliphatic hydroxyl groups excluding tert-OH is 1. The molecule has 8 rings (SSSR count). The number of nitrogens with zero attached hydrogens (tertiary/aromatic N) is 2. The van der Waals surface area contributed by atoms with Crippen LogP contribution in [0.3, 0.4) is 0 Å². The number of amides is 4. The molecule has 16 heteroatoms. The van der Waals surface area contributed by atoms with Gasteiger partial charge in [-0.25, -0.2) is 4.79 Å². The van der Waals surface area contributed by atoms with Gasteiger partial charge in [-0.15, -0.1) is 0 Å². The van der Waals surface area contributed by atoms with Crippen molar-refractivity contribution in [2.24, 2.45) is 0 Å². The van der Waals surface area contributed by atoms with Gasteiger partial charge in [0.2, 0.25) is 0 Å². The zero-order valence-corrected chi connectivity index (χ0v) is 45.9. The number of hydrogen-bond acceptors (Lipinski definition) is 8. The van der Waals surface area contributed by atoms with Gasteiger partial charge < -0.3 is 52.2 Å². The minimum Gasteiger partial charge on any atom is -1.00 e. The van der Waals surface area contributed by atoms with Gasteiger partial charge in [0.25, 0.3) is 11.8 Å². The highest BCUT2D eigenvalue weighted by atomic mass is 35.5. The quantitative estimate of drug-likeness (QED) is 0.111. The molecule has 0 aromatic heterocycles. The van der Waals surface area contributed by atoms with Gasteiger partial charge in [-0.3, -0.25) is 14.4 Å². The molecule has 388 valence electrons. The number of carbonyl (C=O) groups is 4. The van der Waals surface area contributed by atoms with Crippen LogP contribution in [0.4, 0.5) is 9.59 Å². The second-order valence-electron chi connectivity index (χ2n) is 19.7. The highest BCUT2D eigenvalue weighted by molar-refractivity contribution is 6.62. The van der Waals surface area contributed by atoms with Crippen molar-refractivity contribution in [2.75, 3.05) is 28.2 Å². The van der Waals surface area contributed by atoms with Crippen LogP contribution in [0, 0.1) is 41.5 Å². The lowest BCUT2D eigenvalue weighted by Crippen LogP contribution is -3.00. The maximum Gasteiger partial charge on any atom is 0.414 e. The molecule has 2 heterocycles. The summed E-state index contributed by atoms with van der Waals surface area (Å²) in [7, 11) is 6.47. The summed E-state index contributed by atoms with van der Waals surface area (Å²) in [6, 6.07) is 23.6. The van der Waals surface area contributed by atoms with Crippen molar-refractivity contribution in [1.82, 2.24) is 20.4 Å². The molecule has 72 heavy (non-hydrogen) atoms. The minimum absolute atomic E-state index is 0. The molecular formula is C56H67Cl4N4O8-. The standard InChI is InChI=1S/C28H33ClN2O4.C25H28ClNO3.C3H6ClNO.ClH/c1-17-13-18(2)23(19(3)14-17)24-25(35-27(33)31(4)5)28(30-26(24)32)11-9-22(10-12-28)34-16-20-7-6-8-21(29)15-20;1-15-11-16(2)21(17(3)12-15)22-23(28)25(27-24(22)29)9-7-20(8-10-25)30-14-18-5-4-6-19(26)13-18;1-5(2)3(4)6;/h6-8,13-15,22H,9-12,16H2,1-5H3,(H,30,32);4-6,11-13,20,28H,7-10,14H2,1-3H3,(H,27,29);1-2H3;1H/p-1. The van der Waals surface area contributed by atoms with E-state index in [9.17, 15) is 24.3 Å². The lowest BCUT2D eigenvalue weighted by molar-refractivity contribution is -0.117. The Kier molecular flexibility index (Phi) is 19.9. The van der Waals surface area contributed by atoms with E-state index in [2.05, 4.69) is 34.9 Å². The van der Waals surface area contributed by atoms with Crippen LogP contribution in [0.1, 0.15) is 107 Å². The van der Waals surface area contributed by atoms with Crippen molar-refractivity contribution in [1.29, 1.82) is 0 Å². The molecule has 4 aromatic rings. The summed E-state index contributed by atoms with van der Waals surface area (Å²) >= 11 is 17.0. The van der Waals surface area contributed by atoms with Crippen molar-refractivity contribution >= 4 is 69.2 Å². The van der Waals surface area contributed by atoms with Crippen molar-refractivity contribution in [3.8, 4) is 0 Å². The van der Waals surface area contributed by atoms with Crippen molar-refractivity contribution < 1.29 is 50.9 Å². The number of hydrogen-bond donors (Lipinski definition) is 3. The Morgan fingerprint density at radius 1 is 0.625 bits per heavy atom. The molecule has 12 nitrogen and oxygen atoms in total. The van der Waals surface area contributed by atoms with Gasteiger partial charge in [0.1, 0.15) is 11.5 Å². The van der Waals surface area contributed by atoms with Crippen LogP contribution in [0.25, 0.3) is 11.1 Å². The van der Waals surface area contributed by atoms with E-state index in [0.717, 1.165) is 81.3 Å². The summed E-state index contributed by atoms with van der Waals surface area (Å²) in [5.41, 5.74) is 9.55. The average Bonchev–Trinajstić information content (AvgIpc) is 3.68. The number of aliphatic hydroxyl groups is 1. The van der Waals surface area contributed by atoms with Gasteiger partial charge in [0, 0.05) is 38.2 Å². The fourth-order valence-corrected chi connectivity index (χ4v) is 10.6. The van der Waals surface area contributed by atoms with Crippen LogP contribution in [0.15, 0.2) is 84.3 Å². The SMILES string of the molecule is CN(C)C(=O)Cl.Cc1cc(C)c(C2=C(O)C3(CCC(OCc4cccc(Cl)c4)CC3)NC2=O)c(C)c1.Cc1cc(C)c(C2=C(OC(=O)N(C)C)C3(CCC(OCc4cccc(Cl)c4)CC3)NC2=O)c(C)c1.[Cl-]. The molecule has 0 unspecified atom stereocenters. The van der Waals surface area contributed by atoms with Crippen molar-refractivity contribution in [3.05, 3.63) is 150 Å². The third-order valence-corrected chi connectivity index (χ3v) is 14.4. The van der Waals surface area contributed by atoms with E-state index in [1.807, 2.05) is 90.1 Å². The van der Waals surface area contributed by atoms with Gasteiger partial charge in [0.15, 0.2) is 0 Å². The minimum atomic E-state index is -0.724. The van der Waals surface area contributed by atoms with E-state index in [4.69, 9.17) is 49.0 Å². The molecular weight excluding hydrogens is 998 g/mol. The van der Waals surface area contributed by atoms with Crippen molar-refractivity contribution in [2.45, 2.75) is 129 Å². The van der Waals surface area contributed by atoms with E-state index < -0.39 is 22.5 Å². The molecule has 0 radical (unpaired) electrons. The number of halogens is 4. The van der Waals surface area contributed by atoms with E-state index in [-0.39, 0.29) is 42.2 Å². The Morgan fingerprint density at radius 3 is 1.39 bits per heavy atom. The zero-order valence-electron chi connectivity index (χ0n) is 42.9. The Bertz CT molecular complexity index is 2670. The van der Waals surface area contributed by atoms with Crippen LogP contribution < -0.4 is 23.0 Å². The van der Waals surface area contributed by atoms with Gasteiger partial charge in [-0.2, -0.15) is 0 Å². The third-order valence-electron chi connectivity index (χ3n) is 13.6. The van der Waals surface area contributed by atoms with Gasteiger partial charge >= 0.3 is 11.5 Å². The number of ether oxygens (including phenoxy) is 3. The molecule has 3 N–H and O–H groups in total. The van der Waals surface area contributed by atoms with E-state index in [1.54, 1.807) is 28.2 Å². The number of rotatable bonds is 9. The molecule has 2 saturated carbocycles. The zero-order chi connectivity index (χ0) is 51.9. The lowest BCUT2D eigenvalue weighted by Gasteiger charge is -2.38. The first kappa shape index (κ1) is 57.8. The topological polar surface area (TPSA) is 147 Å². The normalized spacial score (nSPS) is 21.2. The van der Waals surface area contributed by atoms with Crippen LogP contribution in [-0.4, -0.2) is 89.7 Å². The second-order valence-corrected chi connectivity index (χ2v) is 20.9. The monoisotopic (exact) mass is 1060 g/mol. The maximum absolute atomic E-state index is 13.4. The van der Waals surface area contributed by atoms with E-state index in [1.165, 1.54) is 9.80 Å². The summed E-state index contributed by atoms with van der Waals surface area (Å²) in [4.78, 5) is 51.5. The molecule has 0 saturated heterocycles. The van der Waals surface area contributed by atoms with E-state index in [0.29, 0.717) is 65.8 Å². The van der Waals surface area contributed by atoms with Crippen LogP contribution in [0.2, 0.25) is 10.0 Å². The molecule has 2 fully saturated rings. The summed E-state index contributed by atoms with van der Waals surface area (Å²) in [6.45, 7) is 13.0. The van der Waals surface area contributed by atoms with Gasteiger partial charge in [-0.1, -0.05) is 82.9 Å². The number of nitrogens with one attached hydrogen (secondary N) is 2. The maximum atomic E-state index is 13.4. The highest BCUT2D eigenvalue weighted by Gasteiger charge is 2.51. The Labute approximate surface area is 445 Å². The number of benzene rings is 4. The predicted molar refractivity (Wildman–Crippen MR) is 282 cm³/mol. The molecule has 2 aliphatic heterocycles. The fraction of sp³-hybridized carbons (Fsp3) is 0.429.